The Bertz CT molecular complexity index is 1010. The first-order chi connectivity index (χ1) is 14.4. The van der Waals surface area contributed by atoms with Crippen LogP contribution in [0.2, 0.25) is 0 Å². The first kappa shape index (κ1) is 20.9. The highest BCUT2D eigenvalue weighted by Crippen LogP contribution is 2.23. The molecule has 2 aromatic rings. The van der Waals surface area contributed by atoms with Gasteiger partial charge in [0, 0.05) is 24.9 Å². The van der Waals surface area contributed by atoms with Crippen molar-refractivity contribution >= 4 is 15.9 Å². The molecule has 1 saturated heterocycles. The number of sulfonamides is 1. The Morgan fingerprint density at radius 3 is 2.57 bits per heavy atom. The Morgan fingerprint density at radius 1 is 1.10 bits per heavy atom. The van der Waals surface area contributed by atoms with Crippen LogP contribution in [0.25, 0.3) is 0 Å². The van der Waals surface area contributed by atoms with Crippen LogP contribution in [0, 0.1) is 5.82 Å². The van der Waals surface area contributed by atoms with Gasteiger partial charge in [0.1, 0.15) is 5.82 Å². The predicted octanol–water partition coefficient (Wildman–Crippen LogP) is 1.88. The van der Waals surface area contributed by atoms with E-state index in [2.05, 4.69) is 20.9 Å². The van der Waals surface area contributed by atoms with E-state index in [0.29, 0.717) is 12.8 Å². The number of carbonyl (C=O) groups is 1. The number of carbonyl (C=O) groups excluding carboxylic acids is 1. The number of hydrazine groups is 1. The van der Waals surface area contributed by atoms with Crippen LogP contribution in [-0.4, -0.2) is 26.5 Å². The van der Waals surface area contributed by atoms with Gasteiger partial charge in [0.05, 0.1) is 11.1 Å². The molecule has 0 spiro atoms. The van der Waals surface area contributed by atoms with E-state index in [1.807, 2.05) is 6.07 Å². The number of amides is 1. The maximum atomic E-state index is 13.4. The van der Waals surface area contributed by atoms with Crippen LogP contribution in [0.3, 0.4) is 0 Å². The van der Waals surface area contributed by atoms with Gasteiger partial charge >= 0.3 is 0 Å². The zero-order valence-electron chi connectivity index (χ0n) is 16.4. The fraction of sp³-hybridized carbons (Fsp3) is 0.381. The smallest absolute Gasteiger partial charge is 0.240 e. The molecule has 2 unspecified atom stereocenters. The molecule has 1 aliphatic heterocycles. The maximum absolute atomic E-state index is 13.4. The standard InChI is InChI=1S/C21H25FN4O3S/c22-16-3-1-2-15(12-16)19-13-20(25-24-19)23-21(27)11-6-14-4-9-18(10-5-14)30(28,29)26-17-7-8-17/h1-5,9-10,12,17,19-20,24-26H,6-8,11,13H2,(H,23,27). The molecule has 0 bridgehead atoms. The number of hydrogen-bond acceptors (Lipinski definition) is 5. The molecular weight excluding hydrogens is 407 g/mol. The highest BCUT2D eigenvalue weighted by molar-refractivity contribution is 7.89. The molecule has 4 N–H and O–H groups in total. The van der Waals surface area contributed by atoms with Gasteiger partial charge in [-0.05, 0) is 54.7 Å². The van der Waals surface area contributed by atoms with Crippen molar-refractivity contribution in [3.05, 3.63) is 65.5 Å². The van der Waals surface area contributed by atoms with Gasteiger partial charge in [0.2, 0.25) is 15.9 Å². The third-order valence-electron chi connectivity index (χ3n) is 5.26. The molecule has 0 radical (unpaired) electrons. The summed E-state index contributed by atoms with van der Waals surface area (Å²) in [6.45, 7) is 0. The van der Waals surface area contributed by atoms with E-state index in [0.717, 1.165) is 24.0 Å². The Balaban J connectivity index is 1.24. The normalized spacial score (nSPS) is 21.5. The minimum atomic E-state index is -3.46. The summed E-state index contributed by atoms with van der Waals surface area (Å²) in [7, 11) is -3.46. The number of benzene rings is 2. The van der Waals surface area contributed by atoms with Crippen LogP contribution >= 0.6 is 0 Å². The summed E-state index contributed by atoms with van der Waals surface area (Å²) < 4.78 is 40.4. The Morgan fingerprint density at radius 2 is 1.87 bits per heavy atom. The second-order valence-corrected chi connectivity index (χ2v) is 9.51. The van der Waals surface area contributed by atoms with Crippen molar-refractivity contribution in [1.82, 2.24) is 20.9 Å². The molecule has 2 aliphatic rings. The van der Waals surface area contributed by atoms with Crippen molar-refractivity contribution in [3.8, 4) is 0 Å². The average molecular weight is 433 g/mol. The summed E-state index contributed by atoms with van der Waals surface area (Å²) in [4.78, 5) is 12.5. The van der Waals surface area contributed by atoms with Gasteiger partial charge in [-0.25, -0.2) is 28.4 Å². The Hall–Kier alpha value is -2.33. The van der Waals surface area contributed by atoms with Crippen molar-refractivity contribution in [2.45, 2.75) is 55.2 Å². The molecule has 1 heterocycles. The van der Waals surface area contributed by atoms with Crippen molar-refractivity contribution in [3.63, 3.8) is 0 Å². The van der Waals surface area contributed by atoms with Crippen LogP contribution in [0.5, 0.6) is 0 Å². The second kappa shape index (κ2) is 8.81. The van der Waals surface area contributed by atoms with Gasteiger partial charge in [-0.15, -0.1) is 0 Å². The highest BCUT2D eigenvalue weighted by Gasteiger charge is 2.28. The van der Waals surface area contributed by atoms with Gasteiger partial charge in [0.25, 0.3) is 0 Å². The molecular formula is C21H25FN4O3S. The quantitative estimate of drug-likeness (QED) is 0.511. The van der Waals surface area contributed by atoms with Crippen LogP contribution in [0.15, 0.2) is 53.4 Å². The number of rotatable bonds is 8. The molecule has 7 nitrogen and oxygen atoms in total. The van der Waals surface area contributed by atoms with E-state index >= 15 is 0 Å². The number of aryl methyl sites for hydroxylation is 1. The van der Waals surface area contributed by atoms with Gasteiger partial charge in [-0.2, -0.15) is 0 Å². The fourth-order valence-electron chi connectivity index (χ4n) is 3.44. The van der Waals surface area contributed by atoms with Gasteiger partial charge < -0.3 is 5.32 Å². The molecule has 9 heteroatoms. The highest BCUT2D eigenvalue weighted by atomic mass is 32.2. The molecule has 0 aromatic heterocycles. The predicted molar refractivity (Wildman–Crippen MR) is 110 cm³/mol. The molecule has 2 atom stereocenters. The van der Waals surface area contributed by atoms with E-state index < -0.39 is 10.0 Å². The maximum Gasteiger partial charge on any atom is 0.240 e. The van der Waals surface area contributed by atoms with Crippen LogP contribution < -0.4 is 20.9 Å². The van der Waals surface area contributed by atoms with E-state index in [1.54, 1.807) is 30.3 Å². The van der Waals surface area contributed by atoms with Crippen LogP contribution in [-0.2, 0) is 21.2 Å². The number of hydrogen-bond donors (Lipinski definition) is 4. The SMILES string of the molecule is O=C(CCc1ccc(S(=O)(=O)NC2CC2)cc1)NC1CC(c2cccc(F)c2)NN1. The lowest BCUT2D eigenvalue weighted by Gasteiger charge is -2.12. The summed E-state index contributed by atoms with van der Waals surface area (Å²) in [6, 6.07) is 13.0. The molecule has 2 aromatic carbocycles. The van der Waals surface area contributed by atoms with Gasteiger partial charge in [-0.3, -0.25) is 4.79 Å². The largest absolute Gasteiger partial charge is 0.339 e. The summed E-state index contributed by atoms with van der Waals surface area (Å²) >= 11 is 0. The molecule has 1 saturated carbocycles. The summed E-state index contributed by atoms with van der Waals surface area (Å²) in [5.74, 6) is -0.398. The summed E-state index contributed by atoms with van der Waals surface area (Å²) in [6.07, 6.45) is 2.94. The average Bonchev–Trinajstić information content (AvgIpc) is 3.40. The Kier molecular flexibility index (Phi) is 6.14. The first-order valence-corrected chi connectivity index (χ1v) is 11.5. The number of nitrogens with one attached hydrogen (secondary N) is 4. The van der Waals surface area contributed by atoms with E-state index in [-0.39, 0.29) is 41.3 Å². The summed E-state index contributed by atoms with van der Waals surface area (Å²) in [5, 5.41) is 2.92. The molecule has 1 amide bonds. The van der Waals surface area contributed by atoms with Crippen molar-refractivity contribution in [1.29, 1.82) is 0 Å². The van der Waals surface area contributed by atoms with Crippen LogP contribution in [0.1, 0.15) is 42.9 Å². The van der Waals surface area contributed by atoms with Crippen molar-refractivity contribution in [2.75, 3.05) is 0 Å². The minimum absolute atomic E-state index is 0.0672. The van der Waals surface area contributed by atoms with E-state index in [1.165, 1.54) is 12.1 Å². The fourth-order valence-corrected chi connectivity index (χ4v) is 4.75. The third kappa shape index (κ3) is 5.42. The van der Waals surface area contributed by atoms with Gasteiger partial charge in [-0.1, -0.05) is 24.3 Å². The lowest BCUT2D eigenvalue weighted by Crippen LogP contribution is -2.44. The molecule has 160 valence electrons. The minimum Gasteiger partial charge on any atom is -0.339 e. The molecule has 30 heavy (non-hydrogen) atoms. The number of halogens is 1. The zero-order chi connectivity index (χ0) is 21.1. The Labute approximate surface area is 175 Å². The summed E-state index contributed by atoms with van der Waals surface area (Å²) in [5.41, 5.74) is 7.81. The first-order valence-electron chi connectivity index (χ1n) is 10.1. The van der Waals surface area contributed by atoms with Crippen molar-refractivity contribution < 1.29 is 17.6 Å². The third-order valence-corrected chi connectivity index (χ3v) is 6.80. The zero-order valence-corrected chi connectivity index (χ0v) is 17.2. The topological polar surface area (TPSA) is 99.3 Å². The molecule has 4 rings (SSSR count). The monoisotopic (exact) mass is 432 g/mol. The van der Waals surface area contributed by atoms with Crippen LogP contribution in [0.4, 0.5) is 4.39 Å². The van der Waals surface area contributed by atoms with E-state index in [9.17, 15) is 17.6 Å². The second-order valence-electron chi connectivity index (χ2n) is 7.79. The lowest BCUT2D eigenvalue weighted by molar-refractivity contribution is -0.121. The lowest BCUT2D eigenvalue weighted by atomic mass is 10.0. The molecule has 2 fully saturated rings. The van der Waals surface area contributed by atoms with Crippen molar-refractivity contribution in [2.24, 2.45) is 0 Å². The van der Waals surface area contributed by atoms with Gasteiger partial charge in [0.15, 0.2) is 0 Å². The molecule has 1 aliphatic carbocycles. The van der Waals surface area contributed by atoms with E-state index in [4.69, 9.17) is 0 Å².